The Morgan fingerprint density at radius 1 is 0.814 bits per heavy atom. The van der Waals surface area contributed by atoms with Crippen molar-refractivity contribution in [3.63, 3.8) is 0 Å². The molecule has 1 aromatic heterocycles. The van der Waals surface area contributed by atoms with Gasteiger partial charge in [0, 0.05) is 67.6 Å². The average Bonchev–Trinajstić information content (AvgIpc) is 3.44. The number of hydrogen-bond acceptors (Lipinski definition) is 4. The zero-order valence-electron chi connectivity index (χ0n) is 27.0. The number of nitrogens with one attached hydrogen (secondary N) is 2. The third kappa shape index (κ3) is 11.2. The molecular formula is C37H56N4O2. The van der Waals surface area contributed by atoms with Crippen LogP contribution in [-0.2, 0) is 11.2 Å². The van der Waals surface area contributed by atoms with Crippen molar-refractivity contribution in [2.45, 2.75) is 103 Å². The highest BCUT2D eigenvalue weighted by atomic mass is 16.5. The first-order valence-electron chi connectivity index (χ1n) is 17.2. The largest absolute Gasteiger partial charge is 0.497 e. The standard InChI is InChI=1S/C37H56N4O2/c1-3-4-5-6-7-8-9-10-11-12-13-14-15-16-37(42)39-32-17-22-36-35(29-32)31(30-38-36)23-24-40-25-27-41(28-26-40)33-18-20-34(43-2)21-19-33/h17-22,29-30,38H,3-16,23-28H2,1-2H3,(H,39,42). The minimum absolute atomic E-state index is 0.134. The monoisotopic (exact) mass is 588 g/mol. The van der Waals surface area contributed by atoms with Crippen LogP contribution in [0.4, 0.5) is 11.4 Å². The quantitative estimate of drug-likeness (QED) is 0.129. The Bertz CT molecular complexity index is 1200. The number of amides is 1. The number of unbranched alkanes of at least 4 members (excludes halogenated alkanes) is 12. The van der Waals surface area contributed by atoms with Crippen molar-refractivity contribution in [3.8, 4) is 5.75 Å². The molecule has 0 atom stereocenters. The maximum atomic E-state index is 12.6. The summed E-state index contributed by atoms with van der Waals surface area (Å²) in [6, 6.07) is 14.6. The molecule has 2 heterocycles. The van der Waals surface area contributed by atoms with Crippen LogP contribution >= 0.6 is 0 Å². The number of fused-ring (bicyclic) bond motifs is 1. The Morgan fingerprint density at radius 2 is 1.44 bits per heavy atom. The highest BCUT2D eigenvalue weighted by Gasteiger charge is 2.18. The number of methoxy groups -OCH3 is 1. The summed E-state index contributed by atoms with van der Waals surface area (Å²) in [7, 11) is 1.71. The number of aromatic nitrogens is 1. The summed E-state index contributed by atoms with van der Waals surface area (Å²) < 4.78 is 5.30. The van der Waals surface area contributed by atoms with Crippen LogP contribution in [0.1, 0.15) is 102 Å². The van der Waals surface area contributed by atoms with Gasteiger partial charge in [-0.3, -0.25) is 9.69 Å². The van der Waals surface area contributed by atoms with E-state index in [1.54, 1.807) is 7.11 Å². The van der Waals surface area contributed by atoms with Gasteiger partial charge < -0.3 is 19.9 Å². The van der Waals surface area contributed by atoms with E-state index in [2.05, 4.69) is 57.5 Å². The molecule has 4 rings (SSSR count). The lowest BCUT2D eigenvalue weighted by Gasteiger charge is -2.36. The fraction of sp³-hybridized carbons (Fsp3) is 0.595. The van der Waals surface area contributed by atoms with E-state index in [0.717, 1.165) is 68.9 Å². The van der Waals surface area contributed by atoms with Crippen molar-refractivity contribution in [2.24, 2.45) is 0 Å². The smallest absolute Gasteiger partial charge is 0.224 e. The third-order valence-corrected chi connectivity index (χ3v) is 9.07. The van der Waals surface area contributed by atoms with Crippen molar-refractivity contribution in [2.75, 3.05) is 50.1 Å². The zero-order chi connectivity index (χ0) is 30.1. The Labute approximate surface area is 260 Å². The molecular weight excluding hydrogens is 532 g/mol. The van der Waals surface area contributed by atoms with Gasteiger partial charge in [0.2, 0.25) is 5.91 Å². The molecule has 0 aliphatic carbocycles. The van der Waals surface area contributed by atoms with Crippen LogP contribution in [0.3, 0.4) is 0 Å². The van der Waals surface area contributed by atoms with E-state index in [0.29, 0.717) is 6.42 Å². The van der Waals surface area contributed by atoms with Gasteiger partial charge in [0.1, 0.15) is 5.75 Å². The molecule has 0 bridgehead atoms. The molecule has 0 saturated carbocycles. The number of aromatic amines is 1. The molecule has 3 aromatic rings. The van der Waals surface area contributed by atoms with Crippen LogP contribution in [0.2, 0.25) is 0 Å². The van der Waals surface area contributed by atoms with Crippen LogP contribution in [0.25, 0.3) is 10.9 Å². The molecule has 0 spiro atoms. The van der Waals surface area contributed by atoms with Crippen LogP contribution in [-0.4, -0.2) is 55.6 Å². The van der Waals surface area contributed by atoms with Gasteiger partial charge >= 0.3 is 0 Å². The van der Waals surface area contributed by atoms with Crippen molar-refractivity contribution < 1.29 is 9.53 Å². The second-order valence-corrected chi connectivity index (χ2v) is 12.4. The minimum Gasteiger partial charge on any atom is -0.497 e. The van der Waals surface area contributed by atoms with Crippen LogP contribution in [0.5, 0.6) is 5.75 Å². The summed E-state index contributed by atoms with van der Waals surface area (Å²) in [5, 5.41) is 4.37. The summed E-state index contributed by atoms with van der Waals surface area (Å²) in [5.74, 6) is 1.04. The summed E-state index contributed by atoms with van der Waals surface area (Å²) in [6.45, 7) is 7.52. The zero-order valence-corrected chi connectivity index (χ0v) is 27.0. The number of hydrogen-bond donors (Lipinski definition) is 2. The number of carbonyl (C=O) groups excluding carboxylic acids is 1. The van der Waals surface area contributed by atoms with Crippen molar-refractivity contribution in [1.82, 2.24) is 9.88 Å². The van der Waals surface area contributed by atoms with E-state index in [4.69, 9.17) is 4.74 Å². The SMILES string of the molecule is CCCCCCCCCCCCCCCC(=O)Nc1ccc2[nH]cc(CCN3CCN(c4ccc(OC)cc4)CC3)c2c1. The fourth-order valence-corrected chi connectivity index (χ4v) is 6.29. The molecule has 1 amide bonds. The number of benzene rings is 2. The first kappa shape index (κ1) is 32.9. The molecule has 1 aliphatic rings. The Balaban J connectivity index is 1.10. The predicted octanol–water partition coefficient (Wildman–Crippen LogP) is 8.96. The van der Waals surface area contributed by atoms with E-state index in [-0.39, 0.29) is 5.91 Å². The number of carbonyl (C=O) groups is 1. The number of piperazine rings is 1. The summed E-state index contributed by atoms with van der Waals surface area (Å²) >= 11 is 0. The topological polar surface area (TPSA) is 60.6 Å². The Morgan fingerprint density at radius 3 is 2.07 bits per heavy atom. The van der Waals surface area contributed by atoms with Crippen LogP contribution in [0.15, 0.2) is 48.7 Å². The fourth-order valence-electron chi connectivity index (χ4n) is 6.29. The maximum Gasteiger partial charge on any atom is 0.224 e. The molecule has 236 valence electrons. The van der Waals surface area contributed by atoms with Gasteiger partial charge in [-0.1, -0.05) is 84.0 Å². The molecule has 43 heavy (non-hydrogen) atoms. The molecule has 0 radical (unpaired) electrons. The lowest BCUT2D eigenvalue weighted by atomic mass is 10.0. The van der Waals surface area contributed by atoms with Crippen LogP contribution < -0.4 is 15.0 Å². The van der Waals surface area contributed by atoms with Gasteiger partial charge in [-0.2, -0.15) is 0 Å². The van der Waals surface area contributed by atoms with Gasteiger partial charge in [0.05, 0.1) is 7.11 Å². The molecule has 2 aromatic carbocycles. The number of nitrogens with zero attached hydrogens (tertiary/aromatic N) is 2. The highest BCUT2D eigenvalue weighted by molar-refractivity contribution is 5.94. The number of ether oxygens (including phenoxy) is 1. The first-order valence-corrected chi connectivity index (χ1v) is 17.2. The minimum atomic E-state index is 0.134. The lowest BCUT2D eigenvalue weighted by molar-refractivity contribution is -0.116. The number of rotatable bonds is 20. The van der Waals surface area contributed by atoms with E-state index < -0.39 is 0 Å². The average molecular weight is 589 g/mol. The second-order valence-electron chi connectivity index (χ2n) is 12.4. The van der Waals surface area contributed by atoms with Crippen LogP contribution in [0, 0.1) is 0 Å². The van der Waals surface area contributed by atoms with Crippen molar-refractivity contribution >= 4 is 28.2 Å². The highest BCUT2D eigenvalue weighted by Crippen LogP contribution is 2.25. The van der Waals surface area contributed by atoms with Gasteiger partial charge in [0.25, 0.3) is 0 Å². The van der Waals surface area contributed by atoms with E-state index in [1.165, 1.54) is 87.3 Å². The summed E-state index contributed by atoms with van der Waals surface area (Å²) in [5.41, 5.74) is 4.62. The molecule has 1 saturated heterocycles. The molecule has 6 nitrogen and oxygen atoms in total. The summed E-state index contributed by atoms with van der Waals surface area (Å²) in [6.07, 6.45) is 20.9. The van der Waals surface area contributed by atoms with E-state index in [9.17, 15) is 4.79 Å². The van der Waals surface area contributed by atoms with Gasteiger partial charge in [-0.25, -0.2) is 0 Å². The third-order valence-electron chi connectivity index (χ3n) is 9.07. The summed E-state index contributed by atoms with van der Waals surface area (Å²) in [4.78, 5) is 21.1. The predicted molar refractivity (Wildman–Crippen MR) is 183 cm³/mol. The maximum absolute atomic E-state index is 12.6. The van der Waals surface area contributed by atoms with Crippen molar-refractivity contribution in [1.29, 1.82) is 0 Å². The molecule has 1 fully saturated rings. The van der Waals surface area contributed by atoms with Gasteiger partial charge in [-0.05, 0) is 60.9 Å². The lowest BCUT2D eigenvalue weighted by Crippen LogP contribution is -2.46. The number of anilines is 2. The Kier molecular flexibility index (Phi) is 14.3. The molecule has 6 heteroatoms. The second kappa shape index (κ2) is 18.6. The van der Waals surface area contributed by atoms with Gasteiger partial charge in [-0.15, -0.1) is 0 Å². The van der Waals surface area contributed by atoms with E-state index >= 15 is 0 Å². The normalized spacial score (nSPS) is 14.0. The number of H-pyrrole nitrogens is 1. The van der Waals surface area contributed by atoms with Crippen molar-refractivity contribution in [3.05, 3.63) is 54.2 Å². The van der Waals surface area contributed by atoms with Gasteiger partial charge in [0.15, 0.2) is 0 Å². The Hall–Kier alpha value is -2.99. The van der Waals surface area contributed by atoms with E-state index in [1.807, 2.05) is 18.2 Å². The molecule has 2 N–H and O–H groups in total. The molecule has 0 unspecified atom stereocenters. The first-order chi connectivity index (χ1) is 21.2. The molecule has 1 aliphatic heterocycles.